The number of aromatic carboxylic acids is 1. The van der Waals surface area contributed by atoms with Crippen LogP contribution in [-0.2, 0) is 13.1 Å². The average molecular weight is 548 g/mol. The van der Waals surface area contributed by atoms with Crippen LogP contribution in [0.5, 0.6) is 0 Å². The summed E-state index contributed by atoms with van der Waals surface area (Å²) in [7, 11) is 0. The third-order valence-electron chi connectivity index (χ3n) is 6.99. The van der Waals surface area contributed by atoms with Crippen LogP contribution in [0.15, 0.2) is 103 Å². The summed E-state index contributed by atoms with van der Waals surface area (Å²) in [6.45, 7) is 0.515. The van der Waals surface area contributed by atoms with Gasteiger partial charge in [-0.3, -0.25) is 9.48 Å². The van der Waals surface area contributed by atoms with Crippen molar-refractivity contribution in [3.63, 3.8) is 0 Å². The number of nitrogens with one attached hydrogen (secondary N) is 1. The molecule has 0 spiro atoms. The van der Waals surface area contributed by atoms with E-state index in [0.29, 0.717) is 34.1 Å². The van der Waals surface area contributed by atoms with Gasteiger partial charge in [-0.2, -0.15) is 5.10 Å². The third-order valence-corrected chi connectivity index (χ3v) is 6.99. The number of amides is 1. The van der Waals surface area contributed by atoms with E-state index < -0.39 is 5.97 Å². The maximum absolute atomic E-state index is 14.0. The minimum Gasteiger partial charge on any atom is -0.478 e. The molecule has 41 heavy (non-hydrogen) atoms. The minimum atomic E-state index is -1.03. The molecule has 0 saturated carbocycles. The van der Waals surface area contributed by atoms with Crippen LogP contribution in [0, 0.1) is 11.6 Å². The second kappa shape index (κ2) is 10.7. The molecule has 1 aromatic heterocycles. The Morgan fingerprint density at radius 2 is 1.51 bits per heavy atom. The van der Waals surface area contributed by atoms with Gasteiger partial charge in [-0.25, -0.2) is 13.6 Å². The summed E-state index contributed by atoms with van der Waals surface area (Å²) in [6, 6.07) is 26.4. The van der Waals surface area contributed by atoms with Crippen LogP contribution in [0.3, 0.4) is 0 Å². The predicted octanol–water partition coefficient (Wildman–Crippen LogP) is 6.81. The number of halogens is 2. The Balaban J connectivity index is 1.38. The molecule has 1 amide bonds. The summed E-state index contributed by atoms with van der Waals surface area (Å²) in [6.07, 6.45) is 1.67. The first-order valence-corrected chi connectivity index (χ1v) is 12.9. The number of carboxylic acid groups (broad SMARTS) is 1. The molecule has 8 heteroatoms. The summed E-state index contributed by atoms with van der Waals surface area (Å²) in [5.41, 5.74) is 4.01. The normalized spacial score (nSPS) is 11.2. The molecule has 6 aromatic rings. The number of aromatic nitrogens is 2. The molecule has 2 N–H and O–H groups in total. The maximum atomic E-state index is 14.0. The Hall–Kier alpha value is -5.37. The van der Waals surface area contributed by atoms with Gasteiger partial charge in [-0.05, 0) is 87.6 Å². The van der Waals surface area contributed by atoms with Crippen LogP contribution in [0.1, 0.15) is 31.8 Å². The van der Waals surface area contributed by atoms with Gasteiger partial charge in [-0.15, -0.1) is 0 Å². The molecule has 1 heterocycles. The Labute approximate surface area is 233 Å². The largest absolute Gasteiger partial charge is 0.478 e. The van der Waals surface area contributed by atoms with Gasteiger partial charge in [0.2, 0.25) is 0 Å². The first kappa shape index (κ1) is 25.9. The molecule has 0 saturated heterocycles. The number of fused-ring (bicyclic) bond motifs is 2. The van der Waals surface area contributed by atoms with E-state index in [9.17, 15) is 18.4 Å². The maximum Gasteiger partial charge on any atom is 0.335 e. The second-order valence-corrected chi connectivity index (χ2v) is 9.78. The van der Waals surface area contributed by atoms with Crippen molar-refractivity contribution in [2.75, 3.05) is 0 Å². The number of nitrogens with zero attached hydrogens (tertiary/aromatic N) is 2. The Morgan fingerprint density at radius 3 is 2.29 bits per heavy atom. The van der Waals surface area contributed by atoms with Crippen LogP contribution >= 0.6 is 0 Å². The SMILES string of the molecule is O=C(O)c1ccc(CNC(=O)c2cc(-c3cccc(F)c3)cc3cnn(Cc4ccc5ccc(F)cc5c4)c23)cc1. The molecule has 202 valence electrons. The number of carbonyl (C=O) groups excluding carboxylic acids is 1. The summed E-state index contributed by atoms with van der Waals surface area (Å²) in [4.78, 5) is 24.8. The number of carbonyl (C=O) groups is 2. The molecule has 0 bridgehead atoms. The number of hydrogen-bond acceptors (Lipinski definition) is 3. The van der Waals surface area contributed by atoms with Crippen molar-refractivity contribution >= 4 is 33.6 Å². The fourth-order valence-corrected chi connectivity index (χ4v) is 4.94. The van der Waals surface area contributed by atoms with Crippen LogP contribution in [0.25, 0.3) is 32.8 Å². The second-order valence-electron chi connectivity index (χ2n) is 9.78. The van der Waals surface area contributed by atoms with Gasteiger partial charge >= 0.3 is 5.97 Å². The molecule has 0 aliphatic rings. The molecule has 0 aliphatic heterocycles. The van der Waals surface area contributed by atoms with E-state index in [1.807, 2.05) is 24.3 Å². The van der Waals surface area contributed by atoms with Crippen molar-refractivity contribution in [1.82, 2.24) is 15.1 Å². The van der Waals surface area contributed by atoms with Gasteiger partial charge in [0.25, 0.3) is 5.91 Å². The number of benzene rings is 5. The average Bonchev–Trinajstić information content (AvgIpc) is 3.38. The Kier molecular flexibility index (Phi) is 6.73. The zero-order valence-corrected chi connectivity index (χ0v) is 21.6. The summed E-state index contributed by atoms with van der Waals surface area (Å²) in [5.74, 6) is -2.10. The molecule has 6 nitrogen and oxygen atoms in total. The van der Waals surface area contributed by atoms with Crippen LogP contribution in [-0.4, -0.2) is 26.8 Å². The van der Waals surface area contributed by atoms with Crippen molar-refractivity contribution in [3.05, 3.63) is 137 Å². The molecule has 5 aromatic carbocycles. The highest BCUT2D eigenvalue weighted by Crippen LogP contribution is 2.29. The van der Waals surface area contributed by atoms with Gasteiger partial charge in [-0.1, -0.05) is 42.5 Å². The van der Waals surface area contributed by atoms with E-state index in [4.69, 9.17) is 5.11 Å². The molecule has 0 atom stereocenters. The molecule has 0 fully saturated rings. The molecule has 0 aliphatic carbocycles. The van der Waals surface area contributed by atoms with Crippen molar-refractivity contribution in [2.24, 2.45) is 0 Å². The highest BCUT2D eigenvalue weighted by atomic mass is 19.1. The van der Waals surface area contributed by atoms with Gasteiger partial charge < -0.3 is 10.4 Å². The Morgan fingerprint density at radius 1 is 0.756 bits per heavy atom. The highest BCUT2D eigenvalue weighted by Gasteiger charge is 2.18. The van der Waals surface area contributed by atoms with E-state index in [1.165, 1.54) is 36.4 Å². The van der Waals surface area contributed by atoms with Crippen molar-refractivity contribution in [2.45, 2.75) is 13.1 Å². The standard InChI is InChI=1S/C33H23F2N3O3/c34-28-3-1-2-24(14-28)26-13-27-18-37-38(19-21-6-7-22-10-11-29(35)15-25(22)12-21)31(27)30(16-26)32(39)36-17-20-4-8-23(9-5-20)33(40)41/h1-16,18H,17,19H2,(H,36,39)(H,40,41). The lowest BCUT2D eigenvalue weighted by atomic mass is 9.99. The number of hydrogen-bond donors (Lipinski definition) is 2. The Bertz CT molecular complexity index is 1950. The van der Waals surface area contributed by atoms with Gasteiger partial charge in [0.05, 0.1) is 29.4 Å². The lowest BCUT2D eigenvalue weighted by molar-refractivity contribution is 0.0696. The fraction of sp³-hybridized carbons (Fsp3) is 0.0606. The van der Waals surface area contributed by atoms with E-state index >= 15 is 0 Å². The van der Waals surface area contributed by atoms with Gasteiger partial charge in [0.15, 0.2) is 0 Å². The van der Waals surface area contributed by atoms with E-state index in [2.05, 4.69) is 10.4 Å². The van der Waals surface area contributed by atoms with Crippen molar-refractivity contribution in [3.8, 4) is 11.1 Å². The van der Waals surface area contributed by atoms with Gasteiger partial charge in [0.1, 0.15) is 11.6 Å². The number of rotatable bonds is 7. The van der Waals surface area contributed by atoms with Crippen LogP contribution in [0.4, 0.5) is 8.78 Å². The monoisotopic (exact) mass is 547 g/mol. The summed E-state index contributed by atoms with van der Waals surface area (Å²) in [5, 5.41) is 19.0. The van der Waals surface area contributed by atoms with Crippen molar-refractivity contribution in [1.29, 1.82) is 0 Å². The molecule has 0 unspecified atom stereocenters. The topological polar surface area (TPSA) is 84.2 Å². The quantitative estimate of drug-likeness (QED) is 0.230. The molecule has 0 radical (unpaired) electrons. The summed E-state index contributed by atoms with van der Waals surface area (Å²) >= 11 is 0. The fourth-order valence-electron chi connectivity index (χ4n) is 4.94. The zero-order valence-electron chi connectivity index (χ0n) is 21.6. The number of carboxylic acids is 1. The first-order chi connectivity index (χ1) is 19.8. The van der Waals surface area contributed by atoms with Crippen LogP contribution < -0.4 is 5.32 Å². The van der Waals surface area contributed by atoms with Crippen molar-refractivity contribution < 1.29 is 23.5 Å². The van der Waals surface area contributed by atoms with E-state index in [1.54, 1.807) is 47.3 Å². The van der Waals surface area contributed by atoms with E-state index in [-0.39, 0.29) is 29.6 Å². The highest BCUT2D eigenvalue weighted by molar-refractivity contribution is 6.07. The molecule has 6 rings (SSSR count). The third kappa shape index (κ3) is 5.40. The first-order valence-electron chi connectivity index (χ1n) is 12.9. The minimum absolute atomic E-state index is 0.157. The predicted molar refractivity (Wildman–Crippen MR) is 153 cm³/mol. The van der Waals surface area contributed by atoms with E-state index in [0.717, 1.165) is 21.9 Å². The smallest absolute Gasteiger partial charge is 0.335 e. The lowest BCUT2D eigenvalue weighted by Crippen LogP contribution is -2.24. The van der Waals surface area contributed by atoms with Crippen LogP contribution in [0.2, 0.25) is 0 Å². The zero-order chi connectivity index (χ0) is 28.5. The summed E-state index contributed by atoms with van der Waals surface area (Å²) < 4.78 is 29.6. The molecular weight excluding hydrogens is 524 g/mol. The lowest BCUT2D eigenvalue weighted by Gasteiger charge is -2.13. The molecular formula is C33H23F2N3O3. The van der Waals surface area contributed by atoms with Gasteiger partial charge in [0, 0.05) is 11.9 Å².